The van der Waals surface area contributed by atoms with Crippen LogP contribution >= 0.6 is 0 Å². The van der Waals surface area contributed by atoms with Crippen LogP contribution in [-0.4, -0.2) is 48.1 Å². The number of benzene rings is 1. The van der Waals surface area contributed by atoms with Gasteiger partial charge in [0, 0.05) is 30.5 Å². The normalized spacial score (nSPS) is 16.5. The maximum absolute atomic E-state index is 5.73. The Labute approximate surface area is 164 Å². The van der Waals surface area contributed by atoms with Gasteiger partial charge in [-0.2, -0.15) is 9.61 Å². The molecular formula is C21H26N4O3. The van der Waals surface area contributed by atoms with Crippen LogP contribution in [0.1, 0.15) is 24.2 Å². The Morgan fingerprint density at radius 2 is 2.00 bits per heavy atom. The first-order chi connectivity index (χ1) is 13.6. The number of nitrogens with one attached hydrogen (secondary N) is 1. The Hall–Kier alpha value is -2.80. The van der Waals surface area contributed by atoms with Gasteiger partial charge in [-0.1, -0.05) is 6.07 Å². The summed E-state index contributed by atoms with van der Waals surface area (Å²) in [6.07, 6.45) is 2.47. The van der Waals surface area contributed by atoms with Crippen molar-refractivity contribution >= 4 is 11.5 Å². The lowest BCUT2D eigenvalue weighted by atomic mass is 10.1. The highest BCUT2D eigenvalue weighted by Crippen LogP contribution is 2.35. The number of anilines is 1. The van der Waals surface area contributed by atoms with Crippen molar-refractivity contribution in [3.05, 3.63) is 35.7 Å². The molecule has 148 valence electrons. The van der Waals surface area contributed by atoms with Crippen molar-refractivity contribution in [3.8, 4) is 22.6 Å². The van der Waals surface area contributed by atoms with Gasteiger partial charge in [0.15, 0.2) is 17.1 Å². The summed E-state index contributed by atoms with van der Waals surface area (Å²) in [5.41, 5.74) is 4.65. The average Bonchev–Trinajstić information content (AvgIpc) is 3.32. The van der Waals surface area contributed by atoms with E-state index in [1.54, 1.807) is 14.2 Å². The van der Waals surface area contributed by atoms with Crippen molar-refractivity contribution in [1.82, 2.24) is 14.6 Å². The molecule has 0 spiro atoms. The molecule has 1 N–H and O–H groups in total. The van der Waals surface area contributed by atoms with Gasteiger partial charge in [-0.3, -0.25) is 0 Å². The standard InChI is InChI=1S/C21H26N4O3/c1-13-10-19(22-12-16-6-5-9-28-16)25-21(23-13)20(14(2)24-25)15-7-8-17(26-3)18(11-15)27-4/h7-8,10-11,16,22H,5-6,9,12H2,1-4H3/t16-/m0/s1. The molecule has 0 amide bonds. The van der Waals surface area contributed by atoms with E-state index in [-0.39, 0.29) is 6.10 Å². The smallest absolute Gasteiger partial charge is 0.165 e. The average molecular weight is 382 g/mol. The molecule has 4 rings (SSSR count). The fraction of sp³-hybridized carbons (Fsp3) is 0.429. The molecule has 7 heteroatoms. The first kappa shape index (κ1) is 18.6. The maximum atomic E-state index is 5.73. The van der Waals surface area contributed by atoms with Gasteiger partial charge in [-0.25, -0.2) is 4.98 Å². The third kappa shape index (κ3) is 3.38. The number of aromatic nitrogens is 3. The lowest BCUT2D eigenvalue weighted by molar-refractivity contribution is 0.120. The van der Waals surface area contributed by atoms with E-state index in [1.807, 2.05) is 42.6 Å². The van der Waals surface area contributed by atoms with Crippen LogP contribution in [0.25, 0.3) is 16.8 Å². The van der Waals surface area contributed by atoms with Crippen molar-refractivity contribution in [2.24, 2.45) is 0 Å². The molecule has 1 fully saturated rings. The van der Waals surface area contributed by atoms with E-state index in [0.29, 0.717) is 11.5 Å². The zero-order valence-electron chi connectivity index (χ0n) is 16.8. The molecule has 2 aromatic heterocycles. The van der Waals surface area contributed by atoms with Crippen LogP contribution in [0.4, 0.5) is 5.82 Å². The molecule has 0 bridgehead atoms. The summed E-state index contributed by atoms with van der Waals surface area (Å²) < 4.78 is 18.4. The van der Waals surface area contributed by atoms with Gasteiger partial charge in [0.25, 0.3) is 0 Å². The molecule has 0 radical (unpaired) electrons. The highest BCUT2D eigenvalue weighted by molar-refractivity contribution is 5.82. The number of hydrogen-bond donors (Lipinski definition) is 1. The van der Waals surface area contributed by atoms with Crippen LogP contribution in [0.2, 0.25) is 0 Å². The summed E-state index contributed by atoms with van der Waals surface area (Å²) in [4.78, 5) is 4.77. The van der Waals surface area contributed by atoms with Crippen LogP contribution in [0.15, 0.2) is 24.3 Å². The molecule has 3 aromatic rings. The molecule has 0 aliphatic carbocycles. The summed E-state index contributed by atoms with van der Waals surface area (Å²) in [6, 6.07) is 7.90. The second kappa shape index (κ2) is 7.67. The predicted octanol–water partition coefficient (Wildman–Crippen LogP) is 3.62. The summed E-state index contributed by atoms with van der Waals surface area (Å²) in [5.74, 6) is 2.30. The molecule has 0 saturated carbocycles. The number of rotatable bonds is 6. The maximum Gasteiger partial charge on any atom is 0.165 e. The molecule has 1 saturated heterocycles. The van der Waals surface area contributed by atoms with Gasteiger partial charge in [-0.05, 0) is 44.4 Å². The minimum Gasteiger partial charge on any atom is -0.493 e. The molecule has 3 heterocycles. The fourth-order valence-corrected chi connectivity index (χ4v) is 3.72. The highest BCUT2D eigenvalue weighted by Gasteiger charge is 2.19. The van der Waals surface area contributed by atoms with E-state index >= 15 is 0 Å². The Morgan fingerprint density at radius 3 is 2.71 bits per heavy atom. The zero-order valence-corrected chi connectivity index (χ0v) is 16.8. The fourth-order valence-electron chi connectivity index (χ4n) is 3.72. The van der Waals surface area contributed by atoms with Gasteiger partial charge in [0.05, 0.1) is 26.0 Å². The number of ether oxygens (including phenoxy) is 3. The zero-order chi connectivity index (χ0) is 19.7. The third-order valence-electron chi connectivity index (χ3n) is 5.10. The molecule has 1 atom stereocenters. The number of nitrogens with zero attached hydrogens (tertiary/aromatic N) is 3. The molecule has 1 aliphatic heterocycles. The second-order valence-corrected chi connectivity index (χ2v) is 7.06. The van der Waals surface area contributed by atoms with Crippen LogP contribution in [0.5, 0.6) is 11.5 Å². The van der Waals surface area contributed by atoms with E-state index in [4.69, 9.17) is 24.3 Å². The van der Waals surface area contributed by atoms with Crippen molar-refractivity contribution in [1.29, 1.82) is 0 Å². The van der Waals surface area contributed by atoms with Crippen molar-refractivity contribution in [2.75, 3.05) is 32.7 Å². The quantitative estimate of drug-likeness (QED) is 0.702. The molecule has 7 nitrogen and oxygen atoms in total. The molecule has 28 heavy (non-hydrogen) atoms. The Morgan fingerprint density at radius 1 is 1.18 bits per heavy atom. The molecular weight excluding hydrogens is 356 g/mol. The number of methoxy groups -OCH3 is 2. The van der Waals surface area contributed by atoms with E-state index in [0.717, 1.165) is 60.0 Å². The highest BCUT2D eigenvalue weighted by atomic mass is 16.5. The Bertz CT molecular complexity index is 993. The first-order valence-electron chi connectivity index (χ1n) is 9.55. The lowest BCUT2D eigenvalue weighted by Gasteiger charge is -2.13. The Kier molecular flexibility index (Phi) is 5.09. The number of fused-ring (bicyclic) bond motifs is 1. The minimum absolute atomic E-state index is 0.255. The molecule has 1 aromatic carbocycles. The monoisotopic (exact) mass is 382 g/mol. The summed E-state index contributed by atoms with van der Waals surface area (Å²) >= 11 is 0. The molecule has 1 aliphatic rings. The lowest BCUT2D eigenvalue weighted by Crippen LogP contribution is -2.20. The van der Waals surface area contributed by atoms with Crippen molar-refractivity contribution in [2.45, 2.75) is 32.8 Å². The molecule has 0 unspecified atom stereocenters. The summed E-state index contributed by atoms with van der Waals surface area (Å²) in [6.45, 7) is 5.61. The Balaban J connectivity index is 1.76. The minimum atomic E-state index is 0.255. The van der Waals surface area contributed by atoms with Crippen molar-refractivity contribution in [3.63, 3.8) is 0 Å². The largest absolute Gasteiger partial charge is 0.493 e. The van der Waals surface area contributed by atoms with Gasteiger partial charge < -0.3 is 19.5 Å². The van der Waals surface area contributed by atoms with Crippen LogP contribution < -0.4 is 14.8 Å². The van der Waals surface area contributed by atoms with Crippen LogP contribution in [-0.2, 0) is 4.74 Å². The van der Waals surface area contributed by atoms with Gasteiger partial charge in [-0.15, -0.1) is 0 Å². The van der Waals surface area contributed by atoms with Gasteiger partial charge in [0.2, 0.25) is 0 Å². The number of hydrogen-bond acceptors (Lipinski definition) is 6. The van der Waals surface area contributed by atoms with E-state index in [2.05, 4.69) is 5.32 Å². The first-order valence-corrected chi connectivity index (χ1v) is 9.55. The summed E-state index contributed by atoms with van der Waals surface area (Å²) in [5, 5.41) is 8.25. The van der Waals surface area contributed by atoms with Crippen molar-refractivity contribution < 1.29 is 14.2 Å². The second-order valence-electron chi connectivity index (χ2n) is 7.06. The number of aryl methyl sites for hydroxylation is 2. The third-order valence-corrected chi connectivity index (χ3v) is 5.10. The SMILES string of the molecule is COc1ccc(-c2c(C)nn3c(NC[C@@H]4CCCO4)cc(C)nc23)cc1OC. The van der Waals surface area contributed by atoms with E-state index < -0.39 is 0 Å². The van der Waals surface area contributed by atoms with E-state index in [1.165, 1.54) is 0 Å². The van der Waals surface area contributed by atoms with Gasteiger partial charge >= 0.3 is 0 Å². The van der Waals surface area contributed by atoms with Crippen LogP contribution in [0, 0.1) is 13.8 Å². The van der Waals surface area contributed by atoms with Crippen LogP contribution in [0.3, 0.4) is 0 Å². The topological polar surface area (TPSA) is 69.9 Å². The van der Waals surface area contributed by atoms with E-state index in [9.17, 15) is 0 Å². The summed E-state index contributed by atoms with van der Waals surface area (Å²) in [7, 11) is 3.27. The predicted molar refractivity (Wildman–Crippen MR) is 108 cm³/mol. The van der Waals surface area contributed by atoms with Gasteiger partial charge in [0.1, 0.15) is 5.82 Å².